The van der Waals surface area contributed by atoms with E-state index in [4.69, 9.17) is 16.3 Å². The van der Waals surface area contributed by atoms with E-state index in [9.17, 15) is 9.90 Å². The standard InChI is InChI=1S/C14H20ClNO3S/c1-14(2,3)19-13(18)16-7-9(11(17)8-16)6-12-10(15)4-5-20-12/h4-5,9,11,17H,6-8H2,1-3H3/t9-,11-/m1/s1. The zero-order valence-electron chi connectivity index (χ0n) is 11.9. The minimum absolute atomic E-state index is 0.0127. The Kier molecular flexibility index (Phi) is 4.62. The van der Waals surface area contributed by atoms with Crippen molar-refractivity contribution in [3.05, 3.63) is 21.3 Å². The van der Waals surface area contributed by atoms with E-state index in [0.717, 1.165) is 9.90 Å². The number of carbonyl (C=O) groups is 1. The number of aliphatic hydroxyl groups excluding tert-OH is 1. The molecule has 6 heteroatoms. The first kappa shape index (κ1) is 15.6. The molecule has 20 heavy (non-hydrogen) atoms. The Bertz CT molecular complexity index is 483. The number of hydrogen-bond donors (Lipinski definition) is 1. The summed E-state index contributed by atoms with van der Waals surface area (Å²) in [5, 5.41) is 12.8. The third-order valence-corrected chi connectivity index (χ3v) is 4.61. The summed E-state index contributed by atoms with van der Waals surface area (Å²) in [4.78, 5) is 14.6. The highest BCUT2D eigenvalue weighted by molar-refractivity contribution is 7.10. The predicted octanol–water partition coefficient (Wildman–Crippen LogP) is 3.17. The monoisotopic (exact) mass is 317 g/mol. The normalized spacial score (nSPS) is 23.1. The van der Waals surface area contributed by atoms with Crippen LogP contribution in [0.4, 0.5) is 4.79 Å². The lowest BCUT2D eigenvalue weighted by Crippen LogP contribution is -2.35. The summed E-state index contributed by atoms with van der Waals surface area (Å²) >= 11 is 7.66. The summed E-state index contributed by atoms with van der Waals surface area (Å²) in [6, 6.07) is 1.86. The summed E-state index contributed by atoms with van der Waals surface area (Å²) < 4.78 is 5.33. The first-order valence-electron chi connectivity index (χ1n) is 6.64. The number of rotatable bonds is 2. The maximum Gasteiger partial charge on any atom is 0.410 e. The number of halogens is 1. The summed E-state index contributed by atoms with van der Waals surface area (Å²) in [5.41, 5.74) is -0.517. The molecule has 1 amide bonds. The molecule has 2 rings (SSSR count). The van der Waals surface area contributed by atoms with Gasteiger partial charge in [0.25, 0.3) is 0 Å². The second-order valence-corrected chi connectivity index (χ2v) is 7.52. The number of nitrogens with zero attached hydrogens (tertiary/aromatic N) is 1. The molecule has 0 aliphatic carbocycles. The van der Waals surface area contributed by atoms with Gasteiger partial charge in [-0.05, 0) is 38.6 Å². The molecule has 112 valence electrons. The highest BCUT2D eigenvalue weighted by Crippen LogP contribution is 2.29. The molecule has 0 radical (unpaired) electrons. The van der Waals surface area contributed by atoms with Gasteiger partial charge in [-0.2, -0.15) is 0 Å². The molecule has 0 aromatic carbocycles. The fourth-order valence-electron chi connectivity index (χ4n) is 2.24. The Balaban J connectivity index is 1.95. The lowest BCUT2D eigenvalue weighted by molar-refractivity contribution is 0.0270. The molecule has 1 aromatic heterocycles. The molecule has 1 N–H and O–H groups in total. The van der Waals surface area contributed by atoms with Gasteiger partial charge in [-0.1, -0.05) is 11.6 Å². The van der Waals surface area contributed by atoms with Gasteiger partial charge in [-0.3, -0.25) is 0 Å². The van der Waals surface area contributed by atoms with E-state index < -0.39 is 11.7 Å². The average molecular weight is 318 g/mol. The van der Waals surface area contributed by atoms with Crippen LogP contribution in [0.15, 0.2) is 11.4 Å². The van der Waals surface area contributed by atoms with Crippen molar-refractivity contribution < 1.29 is 14.6 Å². The van der Waals surface area contributed by atoms with Crippen LogP contribution in [0.3, 0.4) is 0 Å². The van der Waals surface area contributed by atoms with Crippen LogP contribution in [-0.2, 0) is 11.2 Å². The molecule has 0 saturated carbocycles. The minimum atomic E-state index is -0.527. The molecular formula is C14H20ClNO3S. The van der Waals surface area contributed by atoms with Gasteiger partial charge < -0.3 is 14.7 Å². The van der Waals surface area contributed by atoms with Crippen molar-refractivity contribution in [1.29, 1.82) is 0 Å². The summed E-state index contributed by atoms with van der Waals surface area (Å²) in [6.07, 6.45) is -0.200. The summed E-state index contributed by atoms with van der Waals surface area (Å²) in [5.74, 6) is 0.0127. The predicted molar refractivity (Wildman–Crippen MR) is 80.3 cm³/mol. The molecule has 1 saturated heterocycles. The van der Waals surface area contributed by atoms with Crippen LogP contribution >= 0.6 is 22.9 Å². The van der Waals surface area contributed by atoms with Gasteiger partial charge in [0, 0.05) is 17.3 Å². The third-order valence-electron chi connectivity index (χ3n) is 3.20. The molecule has 0 spiro atoms. The number of thiophene rings is 1. The Hall–Kier alpha value is -0.780. The minimum Gasteiger partial charge on any atom is -0.444 e. The third kappa shape index (κ3) is 3.87. The second kappa shape index (κ2) is 5.92. The average Bonchev–Trinajstić information content (AvgIpc) is 2.86. The maximum atomic E-state index is 12.0. The first-order valence-corrected chi connectivity index (χ1v) is 7.90. The van der Waals surface area contributed by atoms with Crippen LogP contribution in [0.1, 0.15) is 25.6 Å². The van der Waals surface area contributed by atoms with Crippen molar-refractivity contribution in [3.8, 4) is 0 Å². The first-order chi connectivity index (χ1) is 9.26. The highest BCUT2D eigenvalue weighted by Gasteiger charge is 2.36. The van der Waals surface area contributed by atoms with Gasteiger partial charge in [0.05, 0.1) is 17.7 Å². The van der Waals surface area contributed by atoms with E-state index in [2.05, 4.69) is 0 Å². The van der Waals surface area contributed by atoms with E-state index >= 15 is 0 Å². The molecule has 2 atom stereocenters. The summed E-state index contributed by atoms with van der Waals surface area (Å²) in [6.45, 7) is 6.33. The van der Waals surface area contributed by atoms with Crippen molar-refractivity contribution in [2.24, 2.45) is 5.92 Å². The molecule has 1 aromatic rings. The van der Waals surface area contributed by atoms with Gasteiger partial charge in [0.2, 0.25) is 0 Å². The summed E-state index contributed by atoms with van der Waals surface area (Å²) in [7, 11) is 0. The second-order valence-electron chi connectivity index (χ2n) is 6.11. The molecule has 1 fully saturated rings. The molecule has 1 aliphatic heterocycles. The maximum absolute atomic E-state index is 12.0. The lowest BCUT2D eigenvalue weighted by Gasteiger charge is -2.24. The van der Waals surface area contributed by atoms with Crippen molar-refractivity contribution in [2.75, 3.05) is 13.1 Å². The number of likely N-dealkylation sites (tertiary alicyclic amines) is 1. The number of amides is 1. The van der Waals surface area contributed by atoms with Gasteiger partial charge in [-0.25, -0.2) is 4.79 Å². The quantitative estimate of drug-likeness (QED) is 0.911. The zero-order chi connectivity index (χ0) is 14.9. The molecule has 0 unspecified atom stereocenters. The van der Waals surface area contributed by atoms with Crippen LogP contribution in [-0.4, -0.2) is 40.9 Å². The van der Waals surface area contributed by atoms with Crippen LogP contribution in [0.25, 0.3) is 0 Å². The van der Waals surface area contributed by atoms with Gasteiger partial charge in [0.15, 0.2) is 0 Å². The van der Waals surface area contributed by atoms with Crippen LogP contribution < -0.4 is 0 Å². The van der Waals surface area contributed by atoms with Gasteiger partial charge >= 0.3 is 6.09 Å². The molecule has 4 nitrogen and oxygen atoms in total. The molecule has 2 heterocycles. The van der Waals surface area contributed by atoms with E-state index in [0.29, 0.717) is 19.5 Å². The van der Waals surface area contributed by atoms with Gasteiger partial charge in [-0.15, -0.1) is 11.3 Å². The number of hydrogen-bond acceptors (Lipinski definition) is 4. The fraction of sp³-hybridized carbons (Fsp3) is 0.643. The van der Waals surface area contributed by atoms with Crippen molar-refractivity contribution in [1.82, 2.24) is 4.90 Å². The number of β-amino-alcohol motifs (C(OH)–C–C–N with tert-alkyl or cyclic N) is 1. The Morgan fingerprint density at radius 1 is 1.55 bits per heavy atom. The number of aliphatic hydroxyl groups is 1. The van der Waals surface area contributed by atoms with Crippen LogP contribution in [0.5, 0.6) is 0 Å². The molecular weight excluding hydrogens is 298 g/mol. The van der Waals surface area contributed by atoms with Crippen molar-refractivity contribution in [3.63, 3.8) is 0 Å². The zero-order valence-corrected chi connectivity index (χ0v) is 13.5. The molecule has 0 bridgehead atoms. The van der Waals surface area contributed by atoms with E-state index in [-0.39, 0.29) is 12.0 Å². The van der Waals surface area contributed by atoms with E-state index in [1.807, 2.05) is 32.2 Å². The largest absolute Gasteiger partial charge is 0.444 e. The highest BCUT2D eigenvalue weighted by atomic mass is 35.5. The van der Waals surface area contributed by atoms with E-state index in [1.54, 1.807) is 16.2 Å². The van der Waals surface area contributed by atoms with Crippen LogP contribution in [0.2, 0.25) is 5.02 Å². The Morgan fingerprint density at radius 2 is 2.25 bits per heavy atom. The number of carbonyl (C=O) groups excluding carboxylic acids is 1. The Labute approximate surface area is 128 Å². The van der Waals surface area contributed by atoms with Crippen molar-refractivity contribution >= 4 is 29.0 Å². The van der Waals surface area contributed by atoms with E-state index in [1.165, 1.54) is 0 Å². The smallest absolute Gasteiger partial charge is 0.410 e. The molecule has 1 aliphatic rings. The van der Waals surface area contributed by atoms with Gasteiger partial charge in [0.1, 0.15) is 5.60 Å². The Morgan fingerprint density at radius 3 is 2.80 bits per heavy atom. The SMILES string of the molecule is CC(C)(C)OC(=O)N1C[C@@H](Cc2sccc2Cl)[C@H](O)C1. The topological polar surface area (TPSA) is 49.8 Å². The fourth-order valence-corrected chi connectivity index (χ4v) is 3.45. The van der Waals surface area contributed by atoms with Crippen molar-refractivity contribution in [2.45, 2.75) is 38.9 Å². The lowest BCUT2D eigenvalue weighted by atomic mass is 10.0. The number of ether oxygens (including phenoxy) is 1. The van der Waals surface area contributed by atoms with Crippen LogP contribution in [0, 0.1) is 5.92 Å².